The van der Waals surface area contributed by atoms with Crippen molar-refractivity contribution in [1.82, 2.24) is 4.98 Å². The van der Waals surface area contributed by atoms with Crippen LogP contribution in [0.3, 0.4) is 0 Å². The van der Waals surface area contributed by atoms with E-state index in [1.807, 2.05) is 0 Å². The SMILES string of the molecule is CC(C(=O)Nc1c[nH]ccc1=O)c1ccc(F)c(Cl)c1. The normalized spacial score (nSPS) is 11.9. The fraction of sp³-hybridized carbons (Fsp3) is 0.143. The van der Waals surface area contributed by atoms with Gasteiger partial charge < -0.3 is 10.3 Å². The third kappa shape index (κ3) is 3.05. The summed E-state index contributed by atoms with van der Waals surface area (Å²) >= 11 is 5.69. The summed E-state index contributed by atoms with van der Waals surface area (Å²) < 4.78 is 13.1. The van der Waals surface area contributed by atoms with E-state index in [-0.39, 0.29) is 22.0 Å². The Bertz CT molecular complexity index is 700. The molecule has 4 nitrogen and oxygen atoms in total. The topological polar surface area (TPSA) is 62.0 Å². The van der Waals surface area contributed by atoms with Crippen LogP contribution in [0.2, 0.25) is 5.02 Å². The monoisotopic (exact) mass is 294 g/mol. The highest BCUT2D eigenvalue weighted by Crippen LogP contribution is 2.22. The van der Waals surface area contributed by atoms with E-state index in [2.05, 4.69) is 10.3 Å². The fourth-order valence-electron chi connectivity index (χ4n) is 1.69. The molecule has 1 atom stereocenters. The van der Waals surface area contributed by atoms with Crippen molar-refractivity contribution in [1.29, 1.82) is 0 Å². The zero-order valence-electron chi connectivity index (χ0n) is 10.6. The molecule has 0 spiro atoms. The van der Waals surface area contributed by atoms with Crippen LogP contribution in [0, 0.1) is 5.82 Å². The number of rotatable bonds is 3. The zero-order chi connectivity index (χ0) is 14.7. The minimum Gasteiger partial charge on any atom is -0.366 e. The molecule has 0 fully saturated rings. The Labute approximate surface area is 119 Å². The molecular formula is C14H12ClFN2O2. The molecule has 2 aromatic rings. The van der Waals surface area contributed by atoms with Crippen molar-refractivity contribution in [3.8, 4) is 0 Å². The van der Waals surface area contributed by atoms with Gasteiger partial charge in [-0.2, -0.15) is 0 Å². The highest BCUT2D eigenvalue weighted by atomic mass is 35.5. The Morgan fingerprint density at radius 2 is 2.15 bits per heavy atom. The number of halogens is 2. The number of aromatic amines is 1. The van der Waals surface area contributed by atoms with Crippen molar-refractivity contribution in [2.24, 2.45) is 0 Å². The number of amides is 1. The number of hydrogen-bond donors (Lipinski definition) is 2. The first-order valence-corrected chi connectivity index (χ1v) is 6.29. The molecule has 0 saturated heterocycles. The molecule has 1 aromatic heterocycles. The summed E-state index contributed by atoms with van der Waals surface area (Å²) in [6.45, 7) is 1.65. The van der Waals surface area contributed by atoms with Crippen LogP contribution in [0.1, 0.15) is 18.4 Å². The largest absolute Gasteiger partial charge is 0.366 e. The van der Waals surface area contributed by atoms with Crippen molar-refractivity contribution in [3.05, 3.63) is 63.3 Å². The van der Waals surface area contributed by atoms with Gasteiger partial charge in [-0.3, -0.25) is 9.59 Å². The number of nitrogens with one attached hydrogen (secondary N) is 2. The van der Waals surface area contributed by atoms with Crippen LogP contribution in [-0.4, -0.2) is 10.9 Å². The van der Waals surface area contributed by atoms with E-state index < -0.39 is 11.7 Å². The van der Waals surface area contributed by atoms with Crippen molar-refractivity contribution in [3.63, 3.8) is 0 Å². The van der Waals surface area contributed by atoms with E-state index in [0.29, 0.717) is 5.56 Å². The van der Waals surface area contributed by atoms with Crippen molar-refractivity contribution in [2.45, 2.75) is 12.8 Å². The van der Waals surface area contributed by atoms with Crippen LogP contribution >= 0.6 is 11.6 Å². The first kappa shape index (κ1) is 14.3. The second-order valence-electron chi connectivity index (χ2n) is 4.31. The van der Waals surface area contributed by atoms with Crippen molar-refractivity contribution in [2.75, 3.05) is 5.32 Å². The van der Waals surface area contributed by atoms with Crippen LogP contribution in [-0.2, 0) is 4.79 Å². The molecule has 104 valence electrons. The predicted octanol–water partition coefficient (Wildman–Crippen LogP) is 2.91. The number of aromatic nitrogens is 1. The Balaban J connectivity index is 2.18. The molecule has 2 rings (SSSR count). The molecule has 1 amide bonds. The number of hydrogen-bond acceptors (Lipinski definition) is 2. The van der Waals surface area contributed by atoms with Crippen molar-refractivity contribution >= 4 is 23.2 Å². The van der Waals surface area contributed by atoms with Crippen LogP contribution in [0.15, 0.2) is 41.5 Å². The van der Waals surface area contributed by atoms with Crippen LogP contribution in [0.4, 0.5) is 10.1 Å². The molecule has 1 unspecified atom stereocenters. The molecule has 20 heavy (non-hydrogen) atoms. The van der Waals surface area contributed by atoms with Crippen LogP contribution in [0.25, 0.3) is 0 Å². The first-order chi connectivity index (χ1) is 9.49. The summed E-state index contributed by atoms with van der Waals surface area (Å²) in [6, 6.07) is 5.41. The van der Waals surface area contributed by atoms with E-state index in [0.717, 1.165) is 0 Å². The molecule has 2 N–H and O–H groups in total. The second-order valence-corrected chi connectivity index (χ2v) is 4.71. The molecule has 0 aliphatic heterocycles. The van der Waals surface area contributed by atoms with Gasteiger partial charge in [-0.1, -0.05) is 17.7 Å². The van der Waals surface area contributed by atoms with E-state index in [1.165, 1.54) is 36.7 Å². The van der Waals surface area contributed by atoms with Crippen molar-refractivity contribution < 1.29 is 9.18 Å². The number of carbonyl (C=O) groups is 1. The first-order valence-electron chi connectivity index (χ1n) is 5.92. The molecule has 1 aromatic carbocycles. The Morgan fingerprint density at radius 1 is 1.40 bits per heavy atom. The van der Waals surface area contributed by atoms with Gasteiger partial charge in [0.05, 0.1) is 10.9 Å². The third-order valence-electron chi connectivity index (χ3n) is 2.92. The molecule has 6 heteroatoms. The fourth-order valence-corrected chi connectivity index (χ4v) is 1.88. The predicted molar refractivity (Wildman–Crippen MR) is 75.5 cm³/mol. The zero-order valence-corrected chi connectivity index (χ0v) is 11.4. The second kappa shape index (κ2) is 5.88. The summed E-state index contributed by atoms with van der Waals surface area (Å²) in [5.74, 6) is -1.47. The van der Waals surface area contributed by atoms with Gasteiger partial charge in [0.2, 0.25) is 11.3 Å². The van der Waals surface area contributed by atoms with E-state index in [4.69, 9.17) is 11.6 Å². The lowest BCUT2D eigenvalue weighted by atomic mass is 10.0. The lowest BCUT2D eigenvalue weighted by Crippen LogP contribution is -2.22. The van der Waals surface area contributed by atoms with Gasteiger partial charge >= 0.3 is 0 Å². The molecule has 0 bridgehead atoms. The number of anilines is 1. The number of H-pyrrole nitrogens is 1. The van der Waals surface area contributed by atoms with E-state index >= 15 is 0 Å². The average Bonchev–Trinajstić information content (AvgIpc) is 2.43. The van der Waals surface area contributed by atoms with Gasteiger partial charge in [0.1, 0.15) is 11.5 Å². The minimum atomic E-state index is -0.562. The summed E-state index contributed by atoms with van der Waals surface area (Å²) in [5, 5.41) is 2.48. The molecular weight excluding hydrogens is 283 g/mol. The summed E-state index contributed by atoms with van der Waals surface area (Å²) in [6.07, 6.45) is 2.88. The Kier molecular flexibility index (Phi) is 4.20. The lowest BCUT2D eigenvalue weighted by Gasteiger charge is -2.12. The summed E-state index contributed by atoms with van der Waals surface area (Å²) in [5.41, 5.74) is 0.445. The molecule has 0 radical (unpaired) electrons. The smallest absolute Gasteiger partial charge is 0.231 e. The van der Waals surface area contributed by atoms with Gasteiger partial charge in [-0.05, 0) is 24.6 Å². The lowest BCUT2D eigenvalue weighted by molar-refractivity contribution is -0.117. The minimum absolute atomic E-state index is 0.0419. The number of carbonyl (C=O) groups excluding carboxylic acids is 1. The quantitative estimate of drug-likeness (QED) is 0.914. The van der Waals surface area contributed by atoms with Gasteiger partial charge in [-0.15, -0.1) is 0 Å². The standard InChI is InChI=1S/C14H12ClFN2O2/c1-8(9-2-3-11(16)10(15)6-9)14(20)18-12-7-17-5-4-13(12)19/h2-8H,1H3,(H,17,19)(H,18,20). The maximum absolute atomic E-state index is 13.1. The van der Waals surface area contributed by atoms with Gasteiger partial charge in [0.25, 0.3) is 0 Å². The van der Waals surface area contributed by atoms with E-state index in [1.54, 1.807) is 6.92 Å². The molecule has 0 aliphatic carbocycles. The Hall–Kier alpha value is -2.14. The van der Waals surface area contributed by atoms with Gasteiger partial charge in [0.15, 0.2) is 0 Å². The van der Waals surface area contributed by atoms with Crippen LogP contribution in [0.5, 0.6) is 0 Å². The highest BCUT2D eigenvalue weighted by Gasteiger charge is 2.17. The summed E-state index contributed by atoms with van der Waals surface area (Å²) in [4.78, 5) is 26.3. The highest BCUT2D eigenvalue weighted by molar-refractivity contribution is 6.30. The molecule has 0 aliphatic rings. The maximum Gasteiger partial charge on any atom is 0.231 e. The van der Waals surface area contributed by atoms with Gasteiger partial charge in [0, 0.05) is 18.5 Å². The maximum atomic E-state index is 13.1. The van der Waals surface area contributed by atoms with E-state index in [9.17, 15) is 14.0 Å². The third-order valence-corrected chi connectivity index (χ3v) is 3.21. The summed E-state index contributed by atoms with van der Waals surface area (Å²) in [7, 11) is 0. The van der Waals surface area contributed by atoms with Crippen LogP contribution < -0.4 is 10.7 Å². The average molecular weight is 295 g/mol. The number of benzene rings is 1. The number of pyridine rings is 1. The van der Waals surface area contributed by atoms with Gasteiger partial charge in [-0.25, -0.2) is 4.39 Å². The Morgan fingerprint density at radius 3 is 2.80 bits per heavy atom. The molecule has 1 heterocycles. The molecule has 0 saturated carbocycles.